The van der Waals surface area contributed by atoms with Gasteiger partial charge in [0.2, 0.25) is 0 Å². The predicted octanol–water partition coefficient (Wildman–Crippen LogP) is 5.17. The third kappa shape index (κ3) is 10.8. The predicted molar refractivity (Wildman–Crippen MR) is 77.3 cm³/mol. The molecule has 0 bridgehead atoms. The number of rotatable bonds is 6. The minimum atomic E-state index is 0.388. The molecule has 0 unspecified atom stereocenters. The van der Waals surface area contributed by atoms with Gasteiger partial charge in [-0.3, -0.25) is 0 Å². The first kappa shape index (κ1) is 17.0. The molecule has 104 valence electrons. The molecule has 0 heterocycles. The van der Waals surface area contributed by atoms with E-state index in [2.05, 4.69) is 20.8 Å². The average molecular weight is 242 g/mol. The van der Waals surface area contributed by atoms with Crippen molar-refractivity contribution in [2.75, 3.05) is 6.61 Å². The molecule has 1 heteroatoms. The van der Waals surface area contributed by atoms with Gasteiger partial charge in [-0.1, -0.05) is 78.6 Å². The van der Waals surface area contributed by atoms with Gasteiger partial charge in [-0.2, -0.15) is 0 Å². The Bertz CT molecular complexity index is 132. The Kier molecular flexibility index (Phi) is 12.4. The lowest BCUT2D eigenvalue weighted by Crippen LogP contribution is -2.13. The molecule has 0 atom stereocenters. The molecule has 1 saturated carbocycles. The van der Waals surface area contributed by atoms with E-state index in [-0.39, 0.29) is 0 Å². The topological polar surface area (TPSA) is 20.2 Å². The Balaban J connectivity index is 0.000000325. The molecule has 1 fully saturated rings. The van der Waals surface area contributed by atoms with E-state index in [1.165, 1.54) is 57.8 Å². The van der Waals surface area contributed by atoms with Crippen LogP contribution in [0.1, 0.15) is 85.0 Å². The molecule has 0 aromatic carbocycles. The van der Waals surface area contributed by atoms with Crippen molar-refractivity contribution in [3.8, 4) is 0 Å². The summed E-state index contributed by atoms with van der Waals surface area (Å²) in [5, 5.41) is 8.68. The summed E-state index contributed by atoms with van der Waals surface area (Å²) in [5.74, 6) is 1.77. The minimum absolute atomic E-state index is 0.388. The van der Waals surface area contributed by atoms with E-state index in [0.717, 1.165) is 18.3 Å². The van der Waals surface area contributed by atoms with Crippen LogP contribution in [0.5, 0.6) is 0 Å². The summed E-state index contributed by atoms with van der Waals surface area (Å²) in [6.45, 7) is 7.21. The monoisotopic (exact) mass is 242 g/mol. The molecule has 0 aliphatic heterocycles. The first-order valence-corrected chi connectivity index (χ1v) is 7.85. The van der Waals surface area contributed by atoms with E-state index in [1.807, 2.05) is 0 Å². The molecule has 1 aliphatic rings. The standard InChI is InChI=1S/C9H18O.C7H16/c1-8-2-4-9(5-3-8)6-7-10;1-3-5-7-6-4-2/h8-10H,2-7H2,1H3;3-7H2,1-2H3. The van der Waals surface area contributed by atoms with Crippen LogP contribution in [0.25, 0.3) is 0 Å². The van der Waals surface area contributed by atoms with Crippen molar-refractivity contribution >= 4 is 0 Å². The highest BCUT2D eigenvalue weighted by Crippen LogP contribution is 2.29. The lowest BCUT2D eigenvalue weighted by atomic mass is 9.82. The van der Waals surface area contributed by atoms with Crippen molar-refractivity contribution in [3.63, 3.8) is 0 Å². The summed E-state index contributed by atoms with van der Waals surface area (Å²) in [6.07, 6.45) is 13.5. The van der Waals surface area contributed by atoms with Gasteiger partial charge >= 0.3 is 0 Å². The SMILES string of the molecule is CC1CCC(CCO)CC1.CCCCCCC. The van der Waals surface area contributed by atoms with Gasteiger partial charge in [0.25, 0.3) is 0 Å². The van der Waals surface area contributed by atoms with Gasteiger partial charge in [0.05, 0.1) is 0 Å². The molecule has 0 amide bonds. The Morgan fingerprint density at radius 3 is 1.82 bits per heavy atom. The molecule has 1 N–H and O–H groups in total. The van der Waals surface area contributed by atoms with Gasteiger partial charge in [-0.15, -0.1) is 0 Å². The lowest BCUT2D eigenvalue weighted by Gasteiger charge is -2.25. The maximum atomic E-state index is 8.68. The van der Waals surface area contributed by atoms with Gasteiger partial charge in [0, 0.05) is 6.61 Å². The van der Waals surface area contributed by atoms with E-state index >= 15 is 0 Å². The fourth-order valence-electron chi connectivity index (χ4n) is 2.48. The summed E-state index contributed by atoms with van der Waals surface area (Å²) in [7, 11) is 0. The second-order valence-corrected chi connectivity index (χ2v) is 5.70. The second kappa shape index (κ2) is 12.4. The van der Waals surface area contributed by atoms with E-state index in [0.29, 0.717) is 6.61 Å². The zero-order chi connectivity index (χ0) is 12.9. The number of hydrogen-bond acceptors (Lipinski definition) is 1. The number of aliphatic hydroxyl groups is 1. The van der Waals surface area contributed by atoms with E-state index in [4.69, 9.17) is 5.11 Å². The van der Waals surface area contributed by atoms with Gasteiger partial charge in [-0.05, 0) is 18.3 Å². The lowest BCUT2D eigenvalue weighted by molar-refractivity contribution is 0.211. The highest BCUT2D eigenvalue weighted by Gasteiger charge is 2.16. The molecular formula is C16H34O. The Morgan fingerprint density at radius 1 is 0.882 bits per heavy atom. The largest absolute Gasteiger partial charge is 0.396 e. The van der Waals surface area contributed by atoms with Crippen LogP contribution >= 0.6 is 0 Å². The minimum Gasteiger partial charge on any atom is -0.396 e. The molecule has 0 aromatic heterocycles. The van der Waals surface area contributed by atoms with Crippen LogP contribution in [0.15, 0.2) is 0 Å². The summed E-state index contributed by atoms with van der Waals surface area (Å²) in [5.41, 5.74) is 0. The zero-order valence-corrected chi connectivity index (χ0v) is 12.4. The second-order valence-electron chi connectivity index (χ2n) is 5.70. The first-order valence-electron chi connectivity index (χ1n) is 7.85. The molecule has 1 nitrogen and oxygen atoms in total. The van der Waals surface area contributed by atoms with Crippen LogP contribution in [0.4, 0.5) is 0 Å². The molecule has 0 spiro atoms. The molecule has 0 radical (unpaired) electrons. The summed E-state index contributed by atoms with van der Waals surface area (Å²) < 4.78 is 0. The zero-order valence-electron chi connectivity index (χ0n) is 12.4. The van der Waals surface area contributed by atoms with Gasteiger partial charge in [-0.25, -0.2) is 0 Å². The van der Waals surface area contributed by atoms with Crippen molar-refractivity contribution in [3.05, 3.63) is 0 Å². The Hall–Kier alpha value is -0.0400. The summed E-state index contributed by atoms with van der Waals surface area (Å²) in [4.78, 5) is 0. The summed E-state index contributed by atoms with van der Waals surface area (Å²) in [6, 6.07) is 0. The third-order valence-electron chi connectivity index (χ3n) is 3.88. The molecule has 1 aliphatic carbocycles. The summed E-state index contributed by atoms with van der Waals surface area (Å²) >= 11 is 0. The number of aliphatic hydroxyl groups excluding tert-OH is 1. The van der Waals surface area contributed by atoms with Gasteiger partial charge in [0.15, 0.2) is 0 Å². The van der Waals surface area contributed by atoms with E-state index < -0.39 is 0 Å². The molecule has 0 saturated heterocycles. The van der Waals surface area contributed by atoms with Crippen molar-refractivity contribution in [2.24, 2.45) is 11.8 Å². The molecular weight excluding hydrogens is 208 g/mol. The molecule has 0 aromatic rings. The van der Waals surface area contributed by atoms with Crippen LogP contribution < -0.4 is 0 Å². The van der Waals surface area contributed by atoms with E-state index in [1.54, 1.807) is 0 Å². The normalized spacial score (nSPS) is 24.0. The van der Waals surface area contributed by atoms with Crippen molar-refractivity contribution in [2.45, 2.75) is 85.0 Å². The highest BCUT2D eigenvalue weighted by atomic mass is 16.3. The van der Waals surface area contributed by atoms with Crippen molar-refractivity contribution < 1.29 is 5.11 Å². The van der Waals surface area contributed by atoms with Crippen molar-refractivity contribution in [1.82, 2.24) is 0 Å². The van der Waals surface area contributed by atoms with Crippen molar-refractivity contribution in [1.29, 1.82) is 0 Å². The highest BCUT2D eigenvalue weighted by molar-refractivity contribution is 4.69. The van der Waals surface area contributed by atoms with Crippen LogP contribution in [-0.2, 0) is 0 Å². The Labute approximate surface area is 109 Å². The van der Waals surface area contributed by atoms with Crippen LogP contribution in [0.2, 0.25) is 0 Å². The quantitative estimate of drug-likeness (QED) is 0.637. The van der Waals surface area contributed by atoms with Gasteiger partial charge in [0.1, 0.15) is 0 Å². The van der Waals surface area contributed by atoms with Crippen LogP contribution in [0.3, 0.4) is 0 Å². The van der Waals surface area contributed by atoms with E-state index in [9.17, 15) is 0 Å². The number of unbranched alkanes of at least 4 members (excludes halogenated alkanes) is 4. The van der Waals surface area contributed by atoms with Gasteiger partial charge < -0.3 is 5.11 Å². The van der Waals surface area contributed by atoms with Crippen LogP contribution in [-0.4, -0.2) is 11.7 Å². The molecule has 17 heavy (non-hydrogen) atoms. The fourth-order valence-corrected chi connectivity index (χ4v) is 2.48. The fraction of sp³-hybridized carbons (Fsp3) is 1.00. The Morgan fingerprint density at radius 2 is 1.41 bits per heavy atom. The number of hydrogen-bond donors (Lipinski definition) is 1. The maximum Gasteiger partial charge on any atom is 0.0433 e. The maximum absolute atomic E-state index is 8.68. The average Bonchev–Trinajstić information content (AvgIpc) is 2.34. The first-order chi connectivity index (χ1) is 8.24. The molecule has 1 rings (SSSR count). The third-order valence-corrected chi connectivity index (χ3v) is 3.88. The van der Waals surface area contributed by atoms with Crippen LogP contribution in [0, 0.1) is 11.8 Å². The smallest absolute Gasteiger partial charge is 0.0433 e.